The van der Waals surface area contributed by atoms with Gasteiger partial charge in [-0.3, -0.25) is 0 Å². The summed E-state index contributed by atoms with van der Waals surface area (Å²) in [5.74, 6) is -1.10. The Balaban J connectivity index is 2.56. The molecular formula is C11H16N4O3. The van der Waals surface area contributed by atoms with Crippen LogP contribution < -0.4 is 10.6 Å². The molecule has 3 N–H and O–H groups in total. The topological polar surface area (TPSA) is 94.6 Å². The Labute approximate surface area is 105 Å². The van der Waals surface area contributed by atoms with Crippen LogP contribution in [0.5, 0.6) is 0 Å². The first-order valence-electron chi connectivity index (χ1n) is 5.40. The van der Waals surface area contributed by atoms with E-state index in [0.29, 0.717) is 18.8 Å². The molecule has 1 rings (SSSR count). The lowest BCUT2D eigenvalue weighted by molar-refractivity contribution is 0.0690. The average molecular weight is 252 g/mol. The summed E-state index contributed by atoms with van der Waals surface area (Å²) in [5.41, 5.74) is 0.401. The minimum Gasteiger partial charge on any atom is -0.477 e. The summed E-state index contributed by atoms with van der Waals surface area (Å²) in [6.07, 6.45) is 1.31. The zero-order chi connectivity index (χ0) is 13.5. The van der Waals surface area contributed by atoms with E-state index in [2.05, 4.69) is 15.6 Å². The molecule has 98 valence electrons. The van der Waals surface area contributed by atoms with Crippen LogP contribution in [-0.2, 0) is 0 Å². The number of carboxylic acid groups (broad SMARTS) is 1. The molecule has 7 heteroatoms. The lowest BCUT2D eigenvalue weighted by Crippen LogP contribution is -2.35. The lowest BCUT2D eigenvalue weighted by atomic mass is 10.3. The Kier molecular flexibility index (Phi) is 5.06. The SMILES string of the molecule is CNCCN(C)C(=O)Nc1ccc(C(=O)O)nc1. The summed E-state index contributed by atoms with van der Waals surface area (Å²) < 4.78 is 0. The Hall–Kier alpha value is -2.15. The molecule has 2 amide bonds. The number of aromatic carboxylic acids is 1. The van der Waals surface area contributed by atoms with Gasteiger partial charge >= 0.3 is 12.0 Å². The number of hydrogen-bond acceptors (Lipinski definition) is 4. The Morgan fingerprint density at radius 1 is 1.44 bits per heavy atom. The maximum Gasteiger partial charge on any atom is 0.354 e. The number of carboxylic acids is 1. The van der Waals surface area contributed by atoms with Crippen molar-refractivity contribution < 1.29 is 14.7 Å². The molecule has 0 aliphatic carbocycles. The number of nitrogens with one attached hydrogen (secondary N) is 2. The Morgan fingerprint density at radius 3 is 2.67 bits per heavy atom. The molecule has 0 radical (unpaired) electrons. The summed E-state index contributed by atoms with van der Waals surface area (Å²) in [5, 5.41) is 14.2. The van der Waals surface area contributed by atoms with E-state index >= 15 is 0 Å². The highest BCUT2D eigenvalue weighted by atomic mass is 16.4. The van der Waals surface area contributed by atoms with E-state index in [9.17, 15) is 9.59 Å². The number of aromatic nitrogens is 1. The smallest absolute Gasteiger partial charge is 0.354 e. The van der Waals surface area contributed by atoms with Crippen LogP contribution >= 0.6 is 0 Å². The number of urea groups is 1. The fraction of sp³-hybridized carbons (Fsp3) is 0.364. The maximum atomic E-state index is 11.7. The standard InChI is InChI=1S/C11H16N4O3/c1-12-5-6-15(2)11(18)14-8-3-4-9(10(16)17)13-7-8/h3-4,7,12H,5-6H2,1-2H3,(H,14,18)(H,16,17). The molecule has 0 spiro atoms. The number of likely N-dealkylation sites (N-methyl/N-ethyl adjacent to an activating group) is 2. The van der Waals surface area contributed by atoms with E-state index in [1.54, 1.807) is 14.1 Å². The first-order chi connectivity index (χ1) is 8.54. The van der Waals surface area contributed by atoms with Gasteiger partial charge in [0.05, 0.1) is 11.9 Å². The molecule has 0 aliphatic rings. The van der Waals surface area contributed by atoms with E-state index in [1.807, 2.05) is 0 Å². The van der Waals surface area contributed by atoms with Gasteiger partial charge in [0.25, 0.3) is 0 Å². The van der Waals surface area contributed by atoms with Crippen LogP contribution in [0.15, 0.2) is 18.3 Å². The quantitative estimate of drug-likeness (QED) is 0.707. The Morgan fingerprint density at radius 2 is 2.17 bits per heavy atom. The minimum absolute atomic E-state index is 0.0588. The third-order valence-electron chi connectivity index (χ3n) is 2.28. The van der Waals surface area contributed by atoms with E-state index in [0.717, 1.165) is 0 Å². The summed E-state index contributed by atoms with van der Waals surface area (Å²) in [4.78, 5) is 27.5. The number of carbonyl (C=O) groups is 2. The Bertz CT molecular complexity index is 419. The predicted molar refractivity (Wildman–Crippen MR) is 66.8 cm³/mol. The van der Waals surface area contributed by atoms with Crippen LogP contribution in [0.25, 0.3) is 0 Å². The van der Waals surface area contributed by atoms with Gasteiger partial charge in [0.1, 0.15) is 5.69 Å². The van der Waals surface area contributed by atoms with Gasteiger partial charge in [-0.1, -0.05) is 0 Å². The largest absolute Gasteiger partial charge is 0.477 e. The first-order valence-corrected chi connectivity index (χ1v) is 5.40. The average Bonchev–Trinajstić information content (AvgIpc) is 2.36. The molecule has 0 saturated heterocycles. The number of hydrogen-bond donors (Lipinski definition) is 3. The van der Waals surface area contributed by atoms with Crippen molar-refractivity contribution in [3.8, 4) is 0 Å². The van der Waals surface area contributed by atoms with Crippen LogP contribution in [0.3, 0.4) is 0 Å². The fourth-order valence-corrected chi connectivity index (χ4v) is 1.19. The molecule has 0 aliphatic heterocycles. The molecule has 0 unspecified atom stereocenters. The van der Waals surface area contributed by atoms with E-state index in [4.69, 9.17) is 5.11 Å². The molecular weight excluding hydrogens is 236 g/mol. The van der Waals surface area contributed by atoms with Crippen molar-refractivity contribution in [2.75, 3.05) is 32.5 Å². The minimum atomic E-state index is -1.10. The second kappa shape index (κ2) is 6.55. The molecule has 1 aromatic rings. The van der Waals surface area contributed by atoms with Crippen LogP contribution in [0.2, 0.25) is 0 Å². The molecule has 0 atom stereocenters. The van der Waals surface area contributed by atoms with E-state index < -0.39 is 5.97 Å². The van der Waals surface area contributed by atoms with Crippen molar-refractivity contribution in [3.05, 3.63) is 24.0 Å². The van der Waals surface area contributed by atoms with Crippen LogP contribution in [0.4, 0.5) is 10.5 Å². The number of anilines is 1. The number of nitrogens with zero attached hydrogens (tertiary/aromatic N) is 2. The summed E-state index contributed by atoms with van der Waals surface area (Å²) in [6.45, 7) is 1.27. The second-order valence-corrected chi connectivity index (χ2v) is 3.69. The van der Waals surface area contributed by atoms with E-state index in [-0.39, 0.29) is 11.7 Å². The van der Waals surface area contributed by atoms with E-state index in [1.165, 1.54) is 23.2 Å². The van der Waals surface area contributed by atoms with Crippen molar-refractivity contribution in [1.29, 1.82) is 0 Å². The fourth-order valence-electron chi connectivity index (χ4n) is 1.19. The van der Waals surface area contributed by atoms with Crippen molar-refractivity contribution >= 4 is 17.7 Å². The molecule has 1 heterocycles. The molecule has 0 aromatic carbocycles. The number of rotatable bonds is 5. The first kappa shape index (κ1) is 13.9. The summed E-state index contributed by atoms with van der Waals surface area (Å²) in [6, 6.07) is 2.57. The highest BCUT2D eigenvalue weighted by molar-refractivity contribution is 5.90. The maximum absolute atomic E-state index is 11.7. The molecule has 0 bridgehead atoms. The van der Waals surface area contributed by atoms with Crippen molar-refractivity contribution in [3.63, 3.8) is 0 Å². The number of amides is 2. The molecule has 1 aromatic heterocycles. The molecule has 18 heavy (non-hydrogen) atoms. The monoisotopic (exact) mass is 252 g/mol. The normalized spacial score (nSPS) is 9.89. The van der Waals surface area contributed by atoms with Crippen LogP contribution in [0, 0.1) is 0 Å². The van der Waals surface area contributed by atoms with Gasteiger partial charge in [0.2, 0.25) is 0 Å². The zero-order valence-corrected chi connectivity index (χ0v) is 10.3. The van der Waals surface area contributed by atoms with Gasteiger partial charge in [-0.05, 0) is 19.2 Å². The van der Waals surface area contributed by atoms with Gasteiger partial charge in [0, 0.05) is 20.1 Å². The van der Waals surface area contributed by atoms with Gasteiger partial charge in [-0.15, -0.1) is 0 Å². The van der Waals surface area contributed by atoms with Crippen LogP contribution in [0.1, 0.15) is 10.5 Å². The summed E-state index contributed by atoms with van der Waals surface area (Å²) in [7, 11) is 3.48. The second-order valence-electron chi connectivity index (χ2n) is 3.69. The van der Waals surface area contributed by atoms with Crippen molar-refractivity contribution in [1.82, 2.24) is 15.2 Å². The zero-order valence-electron chi connectivity index (χ0n) is 10.3. The van der Waals surface area contributed by atoms with Crippen LogP contribution in [-0.4, -0.2) is 54.2 Å². The number of carbonyl (C=O) groups excluding carboxylic acids is 1. The highest BCUT2D eigenvalue weighted by Crippen LogP contribution is 2.06. The molecule has 7 nitrogen and oxygen atoms in total. The van der Waals surface area contributed by atoms with Gasteiger partial charge in [0.15, 0.2) is 0 Å². The van der Waals surface area contributed by atoms with Gasteiger partial charge < -0.3 is 20.6 Å². The number of pyridine rings is 1. The third kappa shape index (κ3) is 4.02. The molecule has 0 saturated carbocycles. The third-order valence-corrected chi connectivity index (χ3v) is 2.28. The van der Waals surface area contributed by atoms with Gasteiger partial charge in [-0.2, -0.15) is 0 Å². The lowest BCUT2D eigenvalue weighted by Gasteiger charge is -2.17. The molecule has 0 fully saturated rings. The highest BCUT2D eigenvalue weighted by Gasteiger charge is 2.09. The van der Waals surface area contributed by atoms with Gasteiger partial charge in [-0.25, -0.2) is 14.6 Å². The van der Waals surface area contributed by atoms with Crippen molar-refractivity contribution in [2.24, 2.45) is 0 Å². The van der Waals surface area contributed by atoms with Crippen molar-refractivity contribution in [2.45, 2.75) is 0 Å². The summed E-state index contributed by atoms with van der Waals surface area (Å²) >= 11 is 0. The predicted octanol–water partition coefficient (Wildman–Crippen LogP) is 0.463.